The molecule has 1 amide bonds. The number of nitrogens with zero attached hydrogens (tertiary/aromatic N) is 2. The molecule has 0 radical (unpaired) electrons. The van der Waals surface area contributed by atoms with Crippen molar-refractivity contribution in [3.63, 3.8) is 0 Å². The van der Waals surface area contributed by atoms with E-state index >= 15 is 0 Å². The second-order valence-electron chi connectivity index (χ2n) is 7.44. The van der Waals surface area contributed by atoms with Gasteiger partial charge in [0.25, 0.3) is 5.91 Å². The monoisotopic (exact) mass is 321 g/mol. The first-order chi connectivity index (χ1) is 11.0. The summed E-state index contributed by atoms with van der Waals surface area (Å²) in [6.07, 6.45) is 8.30. The molecule has 0 unspecified atom stereocenters. The van der Waals surface area contributed by atoms with Crippen LogP contribution in [-0.4, -0.2) is 33.9 Å². The van der Waals surface area contributed by atoms with Crippen molar-refractivity contribution in [2.75, 3.05) is 13.2 Å². The van der Waals surface area contributed by atoms with E-state index in [0.29, 0.717) is 18.0 Å². The highest BCUT2D eigenvalue weighted by Gasteiger charge is 2.32. The Hall–Kier alpha value is -1.36. The van der Waals surface area contributed by atoms with Gasteiger partial charge in [0.2, 0.25) is 0 Å². The van der Waals surface area contributed by atoms with Gasteiger partial charge in [-0.05, 0) is 37.5 Å². The molecule has 1 heterocycles. The van der Waals surface area contributed by atoms with Crippen LogP contribution in [-0.2, 0) is 6.54 Å². The van der Waals surface area contributed by atoms with Gasteiger partial charge < -0.3 is 10.4 Å². The van der Waals surface area contributed by atoms with Crippen LogP contribution in [0.2, 0.25) is 0 Å². The number of hydrogen-bond donors (Lipinski definition) is 2. The fraction of sp³-hybridized carbons (Fsp3) is 0.778. The van der Waals surface area contributed by atoms with Crippen molar-refractivity contribution in [3.8, 4) is 0 Å². The molecule has 0 aromatic carbocycles. The highest BCUT2D eigenvalue weighted by Crippen LogP contribution is 2.38. The maximum absolute atomic E-state index is 12.5. The lowest BCUT2D eigenvalue weighted by atomic mass is 9.72. The van der Waals surface area contributed by atoms with Crippen molar-refractivity contribution >= 4 is 5.91 Å². The van der Waals surface area contributed by atoms with Crippen LogP contribution < -0.4 is 5.32 Å². The molecule has 1 aliphatic rings. The van der Waals surface area contributed by atoms with E-state index in [1.165, 1.54) is 19.3 Å². The molecular weight excluding hydrogens is 290 g/mol. The predicted octanol–water partition coefficient (Wildman–Crippen LogP) is 2.91. The molecule has 0 bridgehead atoms. The molecule has 0 spiro atoms. The third-order valence-corrected chi connectivity index (χ3v) is 5.07. The van der Waals surface area contributed by atoms with E-state index in [4.69, 9.17) is 0 Å². The molecule has 0 aliphatic heterocycles. The van der Waals surface area contributed by atoms with Crippen LogP contribution >= 0.6 is 0 Å². The van der Waals surface area contributed by atoms with Crippen LogP contribution in [0.5, 0.6) is 0 Å². The van der Waals surface area contributed by atoms with Crippen LogP contribution in [0.1, 0.15) is 68.4 Å². The SMILES string of the molecule is Cc1c(C(=O)NCC2(CCO)CCCCC2)cnn1CC(C)C. The summed E-state index contributed by atoms with van der Waals surface area (Å²) in [6.45, 7) is 7.91. The van der Waals surface area contributed by atoms with Gasteiger partial charge in [-0.15, -0.1) is 0 Å². The molecule has 1 aromatic rings. The number of nitrogens with one attached hydrogen (secondary N) is 1. The number of hydrogen-bond acceptors (Lipinski definition) is 3. The Kier molecular flexibility index (Phi) is 6.22. The van der Waals surface area contributed by atoms with Crippen LogP contribution in [0.3, 0.4) is 0 Å². The lowest BCUT2D eigenvalue weighted by Crippen LogP contribution is -2.39. The Morgan fingerprint density at radius 2 is 2.09 bits per heavy atom. The van der Waals surface area contributed by atoms with Gasteiger partial charge in [-0.2, -0.15) is 5.10 Å². The predicted molar refractivity (Wildman–Crippen MR) is 91.4 cm³/mol. The average molecular weight is 321 g/mol. The maximum atomic E-state index is 12.5. The fourth-order valence-corrected chi connectivity index (χ4v) is 3.62. The lowest BCUT2D eigenvalue weighted by molar-refractivity contribution is 0.0868. The number of carbonyl (C=O) groups excluding carboxylic acids is 1. The van der Waals surface area contributed by atoms with Crippen LogP contribution in [0.25, 0.3) is 0 Å². The van der Waals surface area contributed by atoms with E-state index in [1.807, 2.05) is 11.6 Å². The standard InChI is InChI=1S/C18H31N3O2/c1-14(2)12-21-15(3)16(11-20-21)17(23)19-13-18(9-10-22)7-5-4-6-8-18/h11,14,22H,4-10,12-13H2,1-3H3,(H,19,23). The highest BCUT2D eigenvalue weighted by molar-refractivity contribution is 5.95. The number of aromatic nitrogens is 2. The van der Waals surface area contributed by atoms with Gasteiger partial charge in [-0.1, -0.05) is 33.1 Å². The molecule has 1 aliphatic carbocycles. The van der Waals surface area contributed by atoms with Gasteiger partial charge in [0.1, 0.15) is 0 Å². The first-order valence-electron chi connectivity index (χ1n) is 8.89. The van der Waals surface area contributed by atoms with E-state index in [9.17, 15) is 9.90 Å². The van der Waals surface area contributed by atoms with E-state index in [1.54, 1.807) is 6.20 Å². The van der Waals surface area contributed by atoms with Gasteiger partial charge in [-0.3, -0.25) is 9.48 Å². The van der Waals surface area contributed by atoms with Crippen LogP contribution in [0.4, 0.5) is 0 Å². The zero-order valence-electron chi connectivity index (χ0n) is 14.8. The number of carbonyl (C=O) groups is 1. The average Bonchev–Trinajstić information content (AvgIpc) is 2.87. The molecule has 5 heteroatoms. The lowest BCUT2D eigenvalue weighted by Gasteiger charge is -2.37. The van der Waals surface area contributed by atoms with Gasteiger partial charge >= 0.3 is 0 Å². The molecule has 0 atom stereocenters. The Labute approximate surface area is 139 Å². The molecular formula is C18H31N3O2. The molecule has 0 saturated heterocycles. The minimum atomic E-state index is -0.0413. The third kappa shape index (κ3) is 4.56. The zero-order chi connectivity index (χ0) is 16.9. The second-order valence-corrected chi connectivity index (χ2v) is 7.44. The molecule has 1 saturated carbocycles. The largest absolute Gasteiger partial charge is 0.396 e. The van der Waals surface area contributed by atoms with Gasteiger partial charge in [0.15, 0.2) is 0 Å². The summed E-state index contributed by atoms with van der Waals surface area (Å²) < 4.78 is 1.91. The summed E-state index contributed by atoms with van der Waals surface area (Å²) >= 11 is 0. The van der Waals surface area contributed by atoms with Crippen LogP contribution in [0.15, 0.2) is 6.20 Å². The summed E-state index contributed by atoms with van der Waals surface area (Å²) in [7, 11) is 0. The summed E-state index contributed by atoms with van der Waals surface area (Å²) in [5.41, 5.74) is 1.67. The Bertz CT molecular complexity index is 511. The number of aliphatic hydroxyl groups is 1. The van der Waals surface area contributed by atoms with Crippen molar-refractivity contribution in [2.45, 2.75) is 65.8 Å². The van der Waals surface area contributed by atoms with Gasteiger partial charge in [-0.25, -0.2) is 0 Å². The van der Waals surface area contributed by atoms with Gasteiger partial charge in [0, 0.05) is 25.4 Å². The summed E-state index contributed by atoms with van der Waals surface area (Å²) in [6, 6.07) is 0. The Balaban J connectivity index is 1.99. The Morgan fingerprint density at radius 3 is 2.70 bits per heavy atom. The number of amides is 1. The Morgan fingerprint density at radius 1 is 1.39 bits per heavy atom. The van der Waals surface area contributed by atoms with E-state index in [-0.39, 0.29) is 17.9 Å². The molecule has 2 rings (SSSR count). The minimum Gasteiger partial charge on any atom is -0.396 e. The first kappa shape index (κ1) is 18.0. The summed E-state index contributed by atoms with van der Waals surface area (Å²) in [5, 5.41) is 16.8. The van der Waals surface area contributed by atoms with E-state index in [0.717, 1.165) is 31.5 Å². The van der Waals surface area contributed by atoms with Crippen LogP contribution in [0, 0.1) is 18.3 Å². The molecule has 1 aromatic heterocycles. The van der Waals surface area contributed by atoms with E-state index < -0.39 is 0 Å². The quantitative estimate of drug-likeness (QED) is 0.811. The molecule has 1 fully saturated rings. The smallest absolute Gasteiger partial charge is 0.254 e. The van der Waals surface area contributed by atoms with Crippen molar-refractivity contribution in [1.29, 1.82) is 0 Å². The van der Waals surface area contributed by atoms with Gasteiger partial charge in [0.05, 0.1) is 11.8 Å². The van der Waals surface area contributed by atoms with Crippen molar-refractivity contribution in [3.05, 3.63) is 17.5 Å². The van der Waals surface area contributed by atoms with Crippen molar-refractivity contribution in [1.82, 2.24) is 15.1 Å². The normalized spacial score (nSPS) is 17.4. The van der Waals surface area contributed by atoms with E-state index in [2.05, 4.69) is 24.3 Å². The zero-order valence-corrected chi connectivity index (χ0v) is 14.8. The minimum absolute atomic E-state index is 0.0413. The summed E-state index contributed by atoms with van der Waals surface area (Å²) in [5.74, 6) is 0.458. The first-order valence-corrected chi connectivity index (χ1v) is 8.89. The molecule has 130 valence electrons. The molecule has 2 N–H and O–H groups in total. The van der Waals surface area contributed by atoms with Crippen molar-refractivity contribution < 1.29 is 9.90 Å². The fourth-order valence-electron chi connectivity index (χ4n) is 3.62. The number of aliphatic hydroxyl groups excluding tert-OH is 1. The highest BCUT2D eigenvalue weighted by atomic mass is 16.3. The molecule has 5 nitrogen and oxygen atoms in total. The maximum Gasteiger partial charge on any atom is 0.254 e. The van der Waals surface area contributed by atoms with Crippen molar-refractivity contribution in [2.24, 2.45) is 11.3 Å². The third-order valence-electron chi connectivity index (χ3n) is 5.07. The topological polar surface area (TPSA) is 67.2 Å². The second kappa shape index (κ2) is 7.95. The molecule has 23 heavy (non-hydrogen) atoms. The number of rotatable bonds is 7. The summed E-state index contributed by atoms with van der Waals surface area (Å²) in [4.78, 5) is 12.5.